The zero-order chi connectivity index (χ0) is 18.8. The Morgan fingerprint density at radius 1 is 1.07 bits per heavy atom. The first-order chi connectivity index (χ1) is 13.1. The molecule has 0 radical (unpaired) electrons. The molecule has 138 valence electrons. The number of hydrogen-bond donors (Lipinski definition) is 0. The monoisotopic (exact) mass is 368 g/mol. The number of halogens is 2. The molecule has 1 saturated heterocycles. The van der Waals surface area contributed by atoms with E-state index in [0.29, 0.717) is 24.3 Å². The van der Waals surface area contributed by atoms with Crippen molar-refractivity contribution in [2.24, 2.45) is 5.92 Å². The smallest absolute Gasteiger partial charge is 0.266 e. The Hall–Kier alpha value is -2.93. The van der Waals surface area contributed by atoms with Crippen molar-refractivity contribution in [3.8, 4) is 11.3 Å². The van der Waals surface area contributed by atoms with E-state index in [1.807, 2.05) is 12.1 Å². The number of aromatic nitrogens is 3. The molecule has 1 aromatic carbocycles. The van der Waals surface area contributed by atoms with Crippen molar-refractivity contribution in [2.45, 2.75) is 13.1 Å². The summed E-state index contributed by atoms with van der Waals surface area (Å²) in [6.07, 6.45) is 3.40. The van der Waals surface area contributed by atoms with Gasteiger partial charge in [-0.05, 0) is 35.9 Å². The highest BCUT2D eigenvalue weighted by Gasteiger charge is 2.27. The fourth-order valence-corrected chi connectivity index (χ4v) is 3.37. The Balaban J connectivity index is 1.39. The molecule has 1 fully saturated rings. The Kier molecular flexibility index (Phi) is 4.77. The van der Waals surface area contributed by atoms with Gasteiger partial charge in [-0.1, -0.05) is 0 Å². The van der Waals surface area contributed by atoms with E-state index in [-0.39, 0.29) is 11.5 Å². The molecule has 2 aromatic heterocycles. The molecule has 1 aliphatic rings. The molecular formula is C20H18F2N4O. The van der Waals surface area contributed by atoms with Crippen LogP contribution in [0.5, 0.6) is 0 Å². The summed E-state index contributed by atoms with van der Waals surface area (Å²) in [4.78, 5) is 18.3. The molecule has 0 saturated carbocycles. The number of likely N-dealkylation sites (tertiary alicyclic amines) is 1. The predicted molar refractivity (Wildman–Crippen MR) is 96.9 cm³/mol. The molecule has 0 amide bonds. The molecule has 4 rings (SSSR count). The van der Waals surface area contributed by atoms with Gasteiger partial charge in [0.2, 0.25) is 0 Å². The van der Waals surface area contributed by atoms with Crippen LogP contribution in [0.15, 0.2) is 59.7 Å². The lowest BCUT2D eigenvalue weighted by Gasteiger charge is -2.39. The van der Waals surface area contributed by atoms with Crippen molar-refractivity contribution in [1.29, 1.82) is 0 Å². The van der Waals surface area contributed by atoms with Gasteiger partial charge in [-0.25, -0.2) is 13.5 Å². The van der Waals surface area contributed by atoms with Crippen molar-refractivity contribution in [3.63, 3.8) is 0 Å². The predicted octanol–water partition coefficient (Wildman–Crippen LogP) is 2.72. The summed E-state index contributed by atoms with van der Waals surface area (Å²) in [5.41, 5.74) is 2.02. The van der Waals surface area contributed by atoms with E-state index in [9.17, 15) is 13.6 Å². The van der Waals surface area contributed by atoms with Crippen LogP contribution in [-0.2, 0) is 13.1 Å². The van der Waals surface area contributed by atoms with Gasteiger partial charge in [0.1, 0.15) is 11.6 Å². The van der Waals surface area contributed by atoms with Crippen LogP contribution in [0.3, 0.4) is 0 Å². The quantitative estimate of drug-likeness (QED) is 0.695. The van der Waals surface area contributed by atoms with Crippen LogP contribution in [0.25, 0.3) is 11.3 Å². The fourth-order valence-electron chi connectivity index (χ4n) is 3.37. The molecule has 27 heavy (non-hydrogen) atoms. The van der Waals surface area contributed by atoms with Gasteiger partial charge in [0.25, 0.3) is 5.56 Å². The van der Waals surface area contributed by atoms with Crippen LogP contribution in [0.4, 0.5) is 8.78 Å². The van der Waals surface area contributed by atoms with Crippen molar-refractivity contribution in [3.05, 3.63) is 82.4 Å². The number of benzene rings is 1. The summed E-state index contributed by atoms with van der Waals surface area (Å²) in [6, 6.07) is 10.5. The third-order valence-electron chi connectivity index (χ3n) is 4.62. The maximum atomic E-state index is 13.3. The second-order valence-electron chi connectivity index (χ2n) is 6.82. The van der Waals surface area contributed by atoms with Crippen LogP contribution < -0.4 is 5.56 Å². The zero-order valence-corrected chi connectivity index (χ0v) is 14.6. The molecule has 0 unspecified atom stereocenters. The van der Waals surface area contributed by atoms with Crippen LogP contribution in [0.1, 0.15) is 5.56 Å². The van der Waals surface area contributed by atoms with Crippen molar-refractivity contribution in [1.82, 2.24) is 19.7 Å². The molecule has 0 N–H and O–H groups in total. The number of rotatable bonds is 5. The Bertz CT molecular complexity index is 980. The lowest BCUT2D eigenvalue weighted by atomic mass is 9.99. The fraction of sp³-hybridized carbons (Fsp3) is 0.250. The zero-order valence-electron chi connectivity index (χ0n) is 14.6. The van der Waals surface area contributed by atoms with E-state index in [1.165, 1.54) is 22.9 Å². The molecule has 0 bridgehead atoms. The van der Waals surface area contributed by atoms with Gasteiger partial charge in [-0.2, -0.15) is 5.10 Å². The summed E-state index contributed by atoms with van der Waals surface area (Å²) in [7, 11) is 0. The number of hydrogen-bond acceptors (Lipinski definition) is 4. The standard InChI is InChI=1S/C20H18F2N4O/c21-17-6-14(7-18(22)8-17)10-25-11-15(12-25)13-26-20(27)4-3-19(24-26)16-2-1-5-23-9-16/h1-9,15H,10-13H2. The molecule has 5 nitrogen and oxygen atoms in total. The van der Waals surface area contributed by atoms with E-state index >= 15 is 0 Å². The summed E-state index contributed by atoms with van der Waals surface area (Å²) in [5.74, 6) is -0.854. The van der Waals surface area contributed by atoms with Gasteiger partial charge in [0.05, 0.1) is 12.2 Å². The molecular weight excluding hydrogens is 350 g/mol. The maximum absolute atomic E-state index is 13.3. The molecule has 0 aliphatic carbocycles. The first-order valence-corrected chi connectivity index (χ1v) is 8.73. The normalized spacial score (nSPS) is 14.9. The third kappa shape index (κ3) is 4.09. The second kappa shape index (κ2) is 7.36. The lowest BCUT2D eigenvalue weighted by molar-refractivity contribution is 0.0765. The first-order valence-electron chi connectivity index (χ1n) is 8.73. The minimum absolute atomic E-state index is 0.145. The molecule has 1 aliphatic heterocycles. The van der Waals surface area contributed by atoms with Crippen molar-refractivity contribution < 1.29 is 8.78 Å². The minimum Gasteiger partial charge on any atom is -0.298 e. The average Bonchev–Trinajstić information content (AvgIpc) is 2.61. The topological polar surface area (TPSA) is 51.0 Å². The van der Waals surface area contributed by atoms with Crippen LogP contribution in [-0.4, -0.2) is 32.8 Å². The summed E-state index contributed by atoms with van der Waals surface area (Å²) in [6.45, 7) is 2.51. The van der Waals surface area contributed by atoms with E-state index in [4.69, 9.17) is 0 Å². The van der Waals surface area contributed by atoms with Gasteiger partial charge in [-0.15, -0.1) is 0 Å². The van der Waals surface area contributed by atoms with Gasteiger partial charge in [0, 0.05) is 55.6 Å². The highest BCUT2D eigenvalue weighted by atomic mass is 19.1. The highest BCUT2D eigenvalue weighted by molar-refractivity contribution is 5.56. The first kappa shape index (κ1) is 17.5. The van der Waals surface area contributed by atoms with Crippen LogP contribution >= 0.6 is 0 Å². The van der Waals surface area contributed by atoms with E-state index in [0.717, 1.165) is 24.7 Å². The Morgan fingerprint density at radius 2 is 1.85 bits per heavy atom. The second-order valence-corrected chi connectivity index (χ2v) is 6.82. The minimum atomic E-state index is -0.565. The summed E-state index contributed by atoms with van der Waals surface area (Å²) in [5, 5.41) is 4.44. The van der Waals surface area contributed by atoms with E-state index in [1.54, 1.807) is 18.5 Å². The molecule has 0 atom stereocenters. The van der Waals surface area contributed by atoms with Gasteiger partial charge in [0.15, 0.2) is 0 Å². The summed E-state index contributed by atoms with van der Waals surface area (Å²) < 4.78 is 28.0. The highest BCUT2D eigenvalue weighted by Crippen LogP contribution is 2.21. The van der Waals surface area contributed by atoms with Crippen molar-refractivity contribution >= 4 is 0 Å². The third-order valence-corrected chi connectivity index (χ3v) is 4.62. The maximum Gasteiger partial charge on any atom is 0.266 e. The van der Waals surface area contributed by atoms with E-state index < -0.39 is 11.6 Å². The molecule has 7 heteroatoms. The van der Waals surface area contributed by atoms with E-state index in [2.05, 4.69) is 15.0 Å². The SMILES string of the molecule is O=c1ccc(-c2cccnc2)nn1CC1CN(Cc2cc(F)cc(F)c2)C1. The average molecular weight is 368 g/mol. The Labute approximate surface area is 154 Å². The summed E-state index contributed by atoms with van der Waals surface area (Å²) >= 11 is 0. The lowest BCUT2D eigenvalue weighted by Crippen LogP contribution is -2.48. The van der Waals surface area contributed by atoms with Gasteiger partial charge < -0.3 is 0 Å². The van der Waals surface area contributed by atoms with Crippen LogP contribution in [0, 0.1) is 17.6 Å². The largest absolute Gasteiger partial charge is 0.298 e. The van der Waals surface area contributed by atoms with Gasteiger partial charge in [-0.3, -0.25) is 14.7 Å². The van der Waals surface area contributed by atoms with Gasteiger partial charge >= 0.3 is 0 Å². The number of nitrogens with zero attached hydrogens (tertiary/aromatic N) is 4. The molecule has 3 aromatic rings. The molecule has 0 spiro atoms. The number of pyridine rings is 1. The van der Waals surface area contributed by atoms with Crippen molar-refractivity contribution in [2.75, 3.05) is 13.1 Å². The molecule has 3 heterocycles. The van der Waals surface area contributed by atoms with Crippen LogP contribution in [0.2, 0.25) is 0 Å². The Morgan fingerprint density at radius 3 is 2.56 bits per heavy atom.